The van der Waals surface area contributed by atoms with E-state index in [0.29, 0.717) is 18.9 Å². The van der Waals surface area contributed by atoms with Crippen LogP contribution in [0.25, 0.3) is 0 Å². The number of nitrogens with zero attached hydrogens (tertiary/aromatic N) is 1. The van der Waals surface area contributed by atoms with E-state index in [0.717, 1.165) is 54.9 Å². The van der Waals surface area contributed by atoms with E-state index in [-0.39, 0.29) is 29.9 Å². The third kappa shape index (κ3) is 6.63. The van der Waals surface area contributed by atoms with Gasteiger partial charge in [-0.2, -0.15) is 0 Å². The van der Waals surface area contributed by atoms with Gasteiger partial charge >= 0.3 is 0 Å². The van der Waals surface area contributed by atoms with Crippen molar-refractivity contribution in [3.8, 4) is 5.75 Å². The maximum atomic E-state index is 13.2. The van der Waals surface area contributed by atoms with Gasteiger partial charge in [-0.1, -0.05) is 50.1 Å². The van der Waals surface area contributed by atoms with Crippen molar-refractivity contribution in [1.82, 2.24) is 15.5 Å². The van der Waals surface area contributed by atoms with Gasteiger partial charge in [0.05, 0.1) is 0 Å². The second-order valence-corrected chi connectivity index (χ2v) is 11.1. The molecule has 2 aliphatic heterocycles. The lowest BCUT2D eigenvalue weighted by Crippen LogP contribution is -2.51. The predicted octanol–water partition coefficient (Wildman–Crippen LogP) is 4.05. The zero-order valence-corrected chi connectivity index (χ0v) is 22.0. The van der Waals surface area contributed by atoms with Crippen LogP contribution in [0.5, 0.6) is 5.75 Å². The predicted molar refractivity (Wildman–Crippen MR) is 146 cm³/mol. The van der Waals surface area contributed by atoms with Crippen molar-refractivity contribution in [2.24, 2.45) is 5.92 Å². The fourth-order valence-electron chi connectivity index (χ4n) is 5.42. The molecular weight excluding hydrogens is 464 g/mol. The Morgan fingerprint density at radius 1 is 1.05 bits per heavy atom. The van der Waals surface area contributed by atoms with Crippen molar-refractivity contribution in [3.05, 3.63) is 59.7 Å². The van der Waals surface area contributed by atoms with Crippen LogP contribution < -0.4 is 20.7 Å². The number of ether oxygens (including phenoxy) is 1. The van der Waals surface area contributed by atoms with Crippen LogP contribution in [0.3, 0.4) is 0 Å². The topological polar surface area (TPSA) is 82.7 Å². The molecule has 2 fully saturated rings. The Kier molecular flexibility index (Phi) is 7.99. The summed E-state index contributed by atoms with van der Waals surface area (Å²) in [6, 6.07) is 15.1. The van der Waals surface area contributed by atoms with Crippen molar-refractivity contribution in [1.29, 1.82) is 0 Å². The van der Waals surface area contributed by atoms with Crippen LogP contribution in [0, 0.1) is 5.92 Å². The fraction of sp³-hybridized carbons (Fsp3) is 0.533. The number of likely N-dealkylation sites (tertiary alicyclic amines) is 1. The van der Waals surface area contributed by atoms with Gasteiger partial charge in [0.15, 0.2) is 0 Å². The largest absolute Gasteiger partial charge is 0.490 e. The molecule has 7 nitrogen and oxygen atoms in total. The number of anilines is 1. The molecule has 37 heavy (non-hydrogen) atoms. The minimum absolute atomic E-state index is 0.0543. The van der Waals surface area contributed by atoms with Crippen LogP contribution in [0.4, 0.5) is 5.69 Å². The Labute approximate surface area is 220 Å². The third-order valence-electron chi connectivity index (χ3n) is 8.10. The smallest absolute Gasteiger partial charge is 0.243 e. The van der Waals surface area contributed by atoms with Crippen LogP contribution in [-0.4, -0.2) is 55.0 Å². The SMILES string of the molecule is CC1c2ccccc2NC1C(=O)N[C@@H](CCC1CC1)C(=O)NCc1ccc(OC2CCN(C)CC2)cc1. The lowest BCUT2D eigenvalue weighted by molar-refractivity contribution is -0.129. The van der Waals surface area contributed by atoms with Crippen LogP contribution >= 0.6 is 0 Å². The average molecular weight is 505 g/mol. The van der Waals surface area contributed by atoms with E-state index in [9.17, 15) is 9.59 Å². The molecule has 2 aromatic carbocycles. The van der Waals surface area contributed by atoms with Crippen molar-refractivity contribution in [2.45, 2.75) is 76.1 Å². The highest BCUT2D eigenvalue weighted by atomic mass is 16.5. The van der Waals surface area contributed by atoms with E-state index in [1.165, 1.54) is 12.8 Å². The number of benzene rings is 2. The number of hydrogen-bond donors (Lipinski definition) is 3. The summed E-state index contributed by atoms with van der Waals surface area (Å²) in [5, 5.41) is 9.46. The molecule has 5 rings (SSSR count). The molecule has 3 aliphatic rings. The molecule has 7 heteroatoms. The molecule has 2 aromatic rings. The molecule has 0 aromatic heterocycles. The molecule has 1 aliphatic carbocycles. The van der Waals surface area contributed by atoms with Gasteiger partial charge in [-0.15, -0.1) is 0 Å². The van der Waals surface area contributed by atoms with Crippen molar-refractivity contribution in [2.75, 3.05) is 25.5 Å². The molecule has 0 bridgehead atoms. The maximum Gasteiger partial charge on any atom is 0.243 e. The van der Waals surface area contributed by atoms with Crippen molar-refractivity contribution >= 4 is 17.5 Å². The maximum absolute atomic E-state index is 13.2. The summed E-state index contributed by atoms with van der Waals surface area (Å²) < 4.78 is 6.14. The van der Waals surface area contributed by atoms with Gasteiger partial charge in [0.1, 0.15) is 23.9 Å². The van der Waals surface area contributed by atoms with Gasteiger partial charge in [0.25, 0.3) is 0 Å². The van der Waals surface area contributed by atoms with Crippen LogP contribution in [0.15, 0.2) is 48.5 Å². The summed E-state index contributed by atoms with van der Waals surface area (Å²) >= 11 is 0. The fourth-order valence-corrected chi connectivity index (χ4v) is 5.42. The number of carbonyl (C=O) groups is 2. The number of rotatable bonds is 10. The summed E-state index contributed by atoms with van der Waals surface area (Å²) in [5.74, 6) is 1.38. The molecule has 0 spiro atoms. The highest BCUT2D eigenvalue weighted by Gasteiger charge is 2.36. The Morgan fingerprint density at radius 2 is 1.78 bits per heavy atom. The molecule has 2 heterocycles. The molecule has 1 saturated heterocycles. The average Bonchev–Trinajstić information content (AvgIpc) is 3.68. The van der Waals surface area contributed by atoms with Crippen molar-refractivity contribution in [3.63, 3.8) is 0 Å². The monoisotopic (exact) mass is 504 g/mol. The lowest BCUT2D eigenvalue weighted by Gasteiger charge is -2.29. The quantitative estimate of drug-likeness (QED) is 0.455. The number of hydrogen-bond acceptors (Lipinski definition) is 5. The first kappa shape index (κ1) is 25.6. The van der Waals surface area contributed by atoms with E-state index >= 15 is 0 Å². The molecule has 3 atom stereocenters. The second-order valence-electron chi connectivity index (χ2n) is 11.1. The Morgan fingerprint density at radius 3 is 2.49 bits per heavy atom. The zero-order valence-electron chi connectivity index (χ0n) is 22.0. The van der Waals surface area contributed by atoms with Crippen molar-refractivity contribution < 1.29 is 14.3 Å². The summed E-state index contributed by atoms with van der Waals surface area (Å²) in [4.78, 5) is 28.7. The molecular formula is C30H40N4O3. The van der Waals surface area contributed by atoms with E-state index in [2.05, 4.69) is 40.9 Å². The molecule has 0 radical (unpaired) electrons. The second kappa shape index (κ2) is 11.5. The van der Waals surface area contributed by atoms with Crippen LogP contribution in [0.2, 0.25) is 0 Å². The van der Waals surface area contributed by atoms with Gasteiger partial charge in [0.2, 0.25) is 11.8 Å². The highest BCUT2D eigenvalue weighted by Crippen LogP contribution is 2.36. The first-order chi connectivity index (χ1) is 18.0. The standard InChI is InChI=1S/C30H40N4O3/c1-20-25-5-3-4-6-26(25)32-28(20)30(36)33-27(14-11-21-7-8-21)29(35)31-19-22-9-12-23(13-10-22)37-24-15-17-34(2)18-16-24/h3-6,9-10,12-13,20-21,24,27-28,32H,7-8,11,14-19H2,1-2H3,(H,31,35)(H,33,36)/t20?,27-,28?/m0/s1. The number of para-hydroxylation sites is 1. The summed E-state index contributed by atoms with van der Waals surface area (Å²) in [7, 11) is 2.15. The summed E-state index contributed by atoms with van der Waals surface area (Å²) in [5.41, 5.74) is 3.15. The van der Waals surface area contributed by atoms with Gasteiger partial charge in [-0.05, 0) is 68.0 Å². The zero-order chi connectivity index (χ0) is 25.8. The first-order valence-corrected chi connectivity index (χ1v) is 13.8. The normalized spacial score (nSPS) is 22.5. The van der Waals surface area contributed by atoms with Crippen LogP contribution in [-0.2, 0) is 16.1 Å². The van der Waals surface area contributed by atoms with E-state index in [4.69, 9.17) is 4.74 Å². The number of nitrogens with one attached hydrogen (secondary N) is 3. The molecule has 2 amide bonds. The third-order valence-corrected chi connectivity index (χ3v) is 8.10. The van der Waals surface area contributed by atoms with Gasteiger partial charge in [-0.25, -0.2) is 0 Å². The minimum Gasteiger partial charge on any atom is -0.490 e. The lowest BCUT2D eigenvalue weighted by atomic mass is 9.96. The number of carbonyl (C=O) groups excluding carboxylic acids is 2. The Hall–Kier alpha value is -3.06. The molecule has 2 unspecified atom stereocenters. The number of amides is 2. The van der Waals surface area contributed by atoms with Gasteiger partial charge in [-0.3, -0.25) is 9.59 Å². The Bertz CT molecular complexity index is 1080. The number of fused-ring (bicyclic) bond motifs is 1. The summed E-state index contributed by atoms with van der Waals surface area (Å²) in [6.07, 6.45) is 6.44. The number of piperidine rings is 1. The van der Waals surface area contributed by atoms with Gasteiger partial charge < -0.3 is 25.6 Å². The van der Waals surface area contributed by atoms with Crippen LogP contribution in [0.1, 0.15) is 62.5 Å². The molecule has 198 valence electrons. The molecule has 1 saturated carbocycles. The van der Waals surface area contributed by atoms with Gasteiger partial charge in [0, 0.05) is 31.2 Å². The Balaban J connectivity index is 1.14. The highest BCUT2D eigenvalue weighted by molar-refractivity contribution is 5.93. The first-order valence-electron chi connectivity index (χ1n) is 13.8. The van der Waals surface area contributed by atoms with E-state index < -0.39 is 6.04 Å². The van der Waals surface area contributed by atoms with E-state index in [1.54, 1.807) is 0 Å². The molecule has 3 N–H and O–H groups in total. The summed E-state index contributed by atoms with van der Waals surface area (Å²) in [6.45, 7) is 4.61. The van der Waals surface area contributed by atoms with E-state index in [1.807, 2.05) is 42.5 Å². The minimum atomic E-state index is -0.530.